The van der Waals surface area contributed by atoms with Gasteiger partial charge in [-0.1, -0.05) is 36.8 Å². The van der Waals surface area contributed by atoms with Gasteiger partial charge in [0.25, 0.3) is 0 Å². The van der Waals surface area contributed by atoms with E-state index >= 15 is 0 Å². The first-order chi connectivity index (χ1) is 10.3. The fraction of sp³-hybridized carbons (Fsp3) is 0.500. The third kappa shape index (κ3) is 3.11. The third-order valence-electron chi connectivity index (χ3n) is 4.60. The van der Waals surface area contributed by atoms with E-state index in [4.69, 9.17) is 5.11 Å². The number of nitrogens with one attached hydrogen (secondary N) is 1. The highest BCUT2D eigenvalue weighted by atomic mass is 16.2. The number of anilines is 1. The molecule has 0 aliphatic heterocycles. The van der Waals surface area contributed by atoms with Crippen molar-refractivity contribution in [3.8, 4) is 11.8 Å². The minimum absolute atomic E-state index is 0.0625. The van der Waals surface area contributed by atoms with E-state index in [-0.39, 0.29) is 18.4 Å². The summed E-state index contributed by atoms with van der Waals surface area (Å²) in [6.45, 7) is 0.0625. The lowest BCUT2D eigenvalue weighted by Gasteiger charge is -2.07. The van der Waals surface area contributed by atoms with Gasteiger partial charge in [0.05, 0.1) is 12.3 Å². The van der Waals surface area contributed by atoms with Crippen LogP contribution in [0.25, 0.3) is 0 Å². The molecule has 2 atom stereocenters. The van der Waals surface area contributed by atoms with Crippen LogP contribution in [0.15, 0.2) is 24.3 Å². The second-order valence-corrected chi connectivity index (χ2v) is 5.95. The number of carbonyl (C=O) groups excluding carboxylic acids is 1. The molecule has 0 aromatic heterocycles. The number of amides is 1. The van der Waals surface area contributed by atoms with Crippen LogP contribution < -0.4 is 5.32 Å². The Kier molecular flexibility index (Phi) is 4.26. The molecule has 110 valence electrons. The molecule has 0 bridgehead atoms. The average molecular weight is 283 g/mol. The zero-order chi connectivity index (χ0) is 14.7. The van der Waals surface area contributed by atoms with E-state index in [2.05, 4.69) is 17.2 Å². The van der Waals surface area contributed by atoms with Crippen LogP contribution in [0.4, 0.5) is 5.69 Å². The van der Waals surface area contributed by atoms with Crippen LogP contribution in [0.3, 0.4) is 0 Å². The van der Waals surface area contributed by atoms with Crippen molar-refractivity contribution in [2.24, 2.45) is 17.8 Å². The van der Waals surface area contributed by atoms with Crippen molar-refractivity contribution in [3.05, 3.63) is 29.8 Å². The Bertz CT molecular complexity index is 572. The van der Waals surface area contributed by atoms with E-state index in [1.807, 2.05) is 24.3 Å². The summed E-state index contributed by atoms with van der Waals surface area (Å²) >= 11 is 0. The molecule has 21 heavy (non-hydrogen) atoms. The zero-order valence-electron chi connectivity index (χ0n) is 12.1. The average Bonchev–Trinajstić information content (AvgIpc) is 3.23. The Morgan fingerprint density at radius 1 is 1.24 bits per heavy atom. The fourth-order valence-electron chi connectivity index (χ4n) is 3.51. The molecular weight excluding hydrogens is 262 g/mol. The topological polar surface area (TPSA) is 49.3 Å². The van der Waals surface area contributed by atoms with E-state index in [0.29, 0.717) is 18.3 Å². The summed E-state index contributed by atoms with van der Waals surface area (Å²) in [6, 6.07) is 7.62. The first-order valence-corrected chi connectivity index (χ1v) is 7.81. The number of aliphatic hydroxyl groups excluding tert-OH is 1. The van der Waals surface area contributed by atoms with Crippen molar-refractivity contribution in [1.82, 2.24) is 0 Å². The van der Waals surface area contributed by atoms with Crippen LogP contribution in [-0.4, -0.2) is 17.6 Å². The number of aliphatic hydroxyl groups is 1. The Labute approximate surface area is 125 Å². The number of hydrogen-bond acceptors (Lipinski definition) is 2. The molecule has 0 heterocycles. The summed E-state index contributed by atoms with van der Waals surface area (Å²) in [4.78, 5) is 12.4. The first kappa shape index (κ1) is 14.2. The largest absolute Gasteiger partial charge is 0.395 e. The van der Waals surface area contributed by atoms with Gasteiger partial charge < -0.3 is 10.4 Å². The van der Waals surface area contributed by atoms with Gasteiger partial charge in [0.2, 0.25) is 5.91 Å². The Hall–Kier alpha value is -1.79. The second-order valence-electron chi connectivity index (χ2n) is 5.95. The van der Waals surface area contributed by atoms with Gasteiger partial charge in [0, 0.05) is 17.9 Å². The number of rotatable bonds is 3. The van der Waals surface area contributed by atoms with Gasteiger partial charge in [-0.2, -0.15) is 0 Å². The van der Waals surface area contributed by atoms with Gasteiger partial charge in [-0.25, -0.2) is 0 Å². The Morgan fingerprint density at radius 3 is 2.67 bits per heavy atom. The summed E-state index contributed by atoms with van der Waals surface area (Å²) in [6.07, 6.45) is 5.42. The molecule has 2 aliphatic rings. The number of carbonyl (C=O) groups is 1. The van der Waals surface area contributed by atoms with Crippen LogP contribution in [-0.2, 0) is 4.79 Å². The van der Waals surface area contributed by atoms with Crippen molar-refractivity contribution < 1.29 is 9.90 Å². The van der Waals surface area contributed by atoms with Gasteiger partial charge >= 0.3 is 0 Å². The molecule has 1 aromatic carbocycles. The molecule has 2 aliphatic carbocycles. The maximum Gasteiger partial charge on any atom is 0.228 e. The number of hydrogen-bond donors (Lipinski definition) is 2. The second kappa shape index (κ2) is 6.32. The minimum Gasteiger partial charge on any atom is -0.395 e. The zero-order valence-corrected chi connectivity index (χ0v) is 12.1. The fourth-order valence-corrected chi connectivity index (χ4v) is 3.51. The number of fused-ring (bicyclic) bond motifs is 1. The molecule has 0 radical (unpaired) electrons. The summed E-state index contributed by atoms with van der Waals surface area (Å²) in [5.74, 6) is 7.53. The number of para-hydroxylation sites is 1. The lowest BCUT2D eigenvalue weighted by atomic mass is 10.0. The molecule has 3 nitrogen and oxygen atoms in total. The molecule has 2 N–H and O–H groups in total. The monoisotopic (exact) mass is 283 g/mol. The molecule has 1 aromatic rings. The molecule has 0 spiro atoms. The standard InChI is InChI=1S/C18H21NO2/c20-12-6-5-8-13-7-1-4-11-16(13)19-18(21)17-14-9-2-3-10-15(14)17/h1,4,7,11,14-15,17,20H,2-3,6,9-10,12H2,(H,19,21). The van der Waals surface area contributed by atoms with E-state index in [9.17, 15) is 4.79 Å². The summed E-state index contributed by atoms with van der Waals surface area (Å²) in [7, 11) is 0. The highest BCUT2D eigenvalue weighted by Crippen LogP contribution is 2.55. The van der Waals surface area contributed by atoms with Crippen molar-refractivity contribution in [2.45, 2.75) is 32.1 Å². The van der Waals surface area contributed by atoms with Crippen LogP contribution in [0.1, 0.15) is 37.7 Å². The van der Waals surface area contributed by atoms with Crippen LogP contribution in [0, 0.1) is 29.6 Å². The molecule has 3 rings (SSSR count). The molecule has 1 amide bonds. The summed E-state index contributed by atoms with van der Waals surface area (Å²) in [5, 5.41) is 11.8. The SMILES string of the molecule is O=C(Nc1ccccc1C#CCCO)C1C2CCCCC21. The van der Waals surface area contributed by atoms with Gasteiger partial charge in [-0.3, -0.25) is 4.79 Å². The van der Waals surface area contributed by atoms with E-state index < -0.39 is 0 Å². The normalized spacial score (nSPS) is 26.2. The Morgan fingerprint density at radius 2 is 1.95 bits per heavy atom. The molecule has 3 heteroatoms. The predicted molar refractivity (Wildman–Crippen MR) is 82.6 cm³/mol. The Balaban J connectivity index is 1.68. The third-order valence-corrected chi connectivity index (χ3v) is 4.60. The van der Waals surface area contributed by atoms with Crippen molar-refractivity contribution in [3.63, 3.8) is 0 Å². The van der Waals surface area contributed by atoms with Gasteiger partial charge in [-0.15, -0.1) is 0 Å². The lowest BCUT2D eigenvalue weighted by Crippen LogP contribution is -2.16. The van der Waals surface area contributed by atoms with E-state index in [0.717, 1.165) is 11.3 Å². The van der Waals surface area contributed by atoms with Gasteiger partial charge in [0.15, 0.2) is 0 Å². The molecule has 2 fully saturated rings. The highest BCUT2D eigenvalue weighted by molar-refractivity contribution is 5.96. The van der Waals surface area contributed by atoms with Crippen LogP contribution >= 0.6 is 0 Å². The molecule has 0 saturated heterocycles. The smallest absolute Gasteiger partial charge is 0.228 e. The van der Waals surface area contributed by atoms with Crippen LogP contribution in [0.5, 0.6) is 0 Å². The van der Waals surface area contributed by atoms with Gasteiger partial charge in [0.1, 0.15) is 0 Å². The molecular formula is C18H21NO2. The molecule has 2 saturated carbocycles. The maximum atomic E-state index is 12.4. The number of benzene rings is 1. The highest BCUT2D eigenvalue weighted by Gasteiger charge is 2.54. The first-order valence-electron chi connectivity index (χ1n) is 7.81. The van der Waals surface area contributed by atoms with Gasteiger partial charge in [-0.05, 0) is 36.8 Å². The summed E-state index contributed by atoms with van der Waals surface area (Å²) in [5.41, 5.74) is 1.61. The predicted octanol–water partition coefficient (Wildman–Crippen LogP) is 2.80. The van der Waals surface area contributed by atoms with Crippen LogP contribution in [0.2, 0.25) is 0 Å². The van der Waals surface area contributed by atoms with E-state index in [1.165, 1.54) is 25.7 Å². The lowest BCUT2D eigenvalue weighted by molar-refractivity contribution is -0.117. The quantitative estimate of drug-likeness (QED) is 0.838. The van der Waals surface area contributed by atoms with Crippen molar-refractivity contribution in [1.29, 1.82) is 0 Å². The van der Waals surface area contributed by atoms with Crippen molar-refractivity contribution >= 4 is 11.6 Å². The van der Waals surface area contributed by atoms with Crippen molar-refractivity contribution in [2.75, 3.05) is 11.9 Å². The molecule has 2 unspecified atom stereocenters. The maximum absolute atomic E-state index is 12.4. The minimum atomic E-state index is 0.0625. The van der Waals surface area contributed by atoms with E-state index in [1.54, 1.807) is 0 Å². The summed E-state index contributed by atoms with van der Waals surface area (Å²) < 4.78 is 0.